The standard InChI is InChI=1S/C13H17N3O/c1-10(6-7-17)8-14-13-12-5-3-2-4-11(12)9-15-16-13/h2-5,9-10,17H,6-8H2,1H3,(H,14,16). The Labute approximate surface area is 101 Å². The monoisotopic (exact) mass is 231 g/mol. The van der Waals surface area contributed by atoms with Crippen LogP contribution in [0.1, 0.15) is 13.3 Å². The van der Waals surface area contributed by atoms with E-state index < -0.39 is 0 Å². The highest BCUT2D eigenvalue weighted by Crippen LogP contribution is 2.19. The van der Waals surface area contributed by atoms with E-state index >= 15 is 0 Å². The second-order valence-corrected chi connectivity index (χ2v) is 4.28. The van der Waals surface area contributed by atoms with Gasteiger partial charge in [-0.3, -0.25) is 0 Å². The number of aromatic nitrogens is 2. The summed E-state index contributed by atoms with van der Waals surface area (Å²) < 4.78 is 0. The zero-order valence-electron chi connectivity index (χ0n) is 9.93. The van der Waals surface area contributed by atoms with Crippen LogP contribution in [-0.4, -0.2) is 28.5 Å². The first kappa shape index (κ1) is 11.8. The van der Waals surface area contributed by atoms with Gasteiger partial charge >= 0.3 is 0 Å². The topological polar surface area (TPSA) is 58.0 Å². The van der Waals surface area contributed by atoms with Crippen LogP contribution < -0.4 is 5.32 Å². The average Bonchev–Trinajstić information content (AvgIpc) is 2.36. The third-order valence-electron chi connectivity index (χ3n) is 2.81. The molecule has 0 bridgehead atoms. The number of hydrogen-bond acceptors (Lipinski definition) is 4. The van der Waals surface area contributed by atoms with Gasteiger partial charge in [0.05, 0.1) is 6.20 Å². The number of nitrogens with one attached hydrogen (secondary N) is 1. The summed E-state index contributed by atoms with van der Waals surface area (Å²) >= 11 is 0. The fourth-order valence-corrected chi connectivity index (χ4v) is 1.75. The maximum absolute atomic E-state index is 8.85. The largest absolute Gasteiger partial charge is 0.396 e. The number of benzene rings is 1. The summed E-state index contributed by atoms with van der Waals surface area (Å²) in [5, 5.41) is 22.4. The Hall–Kier alpha value is -1.68. The van der Waals surface area contributed by atoms with Crippen LogP contribution in [0.15, 0.2) is 30.5 Å². The fourth-order valence-electron chi connectivity index (χ4n) is 1.75. The van der Waals surface area contributed by atoms with Crippen molar-refractivity contribution in [3.63, 3.8) is 0 Å². The van der Waals surface area contributed by atoms with E-state index in [4.69, 9.17) is 5.11 Å². The molecule has 1 unspecified atom stereocenters. The Balaban J connectivity index is 2.13. The predicted octanol–water partition coefficient (Wildman–Crippen LogP) is 2.06. The summed E-state index contributed by atoms with van der Waals surface area (Å²) in [6, 6.07) is 8.03. The zero-order chi connectivity index (χ0) is 12.1. The molecule has 4 nitrogen and oxygen atoms in total. The molecule has 4 heteroatoms. The lowest BCUT2D eigenvalue weighted by atomic mass is 10.1. The van der Waals surface area contributed by atoms with Crippen molar-refractivity contribution < 1.29 is 5.11 Å². The van der Waals surface area contributed by atoms with Gasteiger partial charge in [0.1, 0.15) is 0 Å². The lowest BCUT2D eigenvalue weighted by Crippen LogP contribution is -2.13. The van der Waals surface area contributed by atoms with E-state index in [0.717, 1.165) is 29.6 Å². The summed E-state index contributed by atoms with van der Waals surface area (Å²) in [6.07, 6.45) is 2.56. The van der Waals surface area contributed by atoms with Gasteiger partial charge in [0.25, 0.3) is 0 Å². The molecule has 0 spiro atoms. The van der Waals surface area contributed by atoms with Gasteiger partial charge in [-0.25, -0.2) is 0 Å². The van der Waals surface area contributed by atoms with E-state index in [1.807, 2.05) is 24.3 Å². The number of aliphatic hydroxyl groups is 1. The van der Waals surface area contributed by atoms with Crippen LogP contribution in [0.4, 0.5) is 5.82 Å². The molecule has 2 N–H and O–H groups in total. The van der Waals surface area contributed by atoms with Gasteiger partial charge in [-0.2, -0.15) is 5.10 Å². The molecule has 0 radical (unpaired) electrons. The van der Waals surface area contributed by atoms with Crippen LogP contribution in [0.3, 0.4) is 0 Å². The zero-order valence-corrected chi connectivity index (χ0v) is 9.93. The Bertz CT molecular complexity index is 482. The van der Waals surface area contributed by atoms with Gasteiger partial charge in [0.15, 0.2) is 5.82 Å². The van der Waals surface area contributed by atoms with E-state index in [9.17, 15) is 0 Å². The predicted molar refractivity (Wildman–Crippen MR) is 68.9 cm³/mol. The molecule has 2 rings (SSSR count). The van der Waals surface area contributed by atoms with Crippen molar-refractivity contribution in [1.82, 2.24) is 10.2 Å². The van der Waals surface area contributed by atoms with Crippen molar-refractivity contribution in [1.29, 1.82) is 0 Å². The second-order valence-electron chi connectivity index (χ2n) is 4.28. The summed E-state index contributed by atoms with van der Waals surface area (Å²) in [4.78, 5) is 0. The van der Waals surface area contributed by atoms with Crippen LogP contribution in [0.25, 0.3) is 10.8 Å². The highest BCUT2D eigenvalue weighted by molar-refractivity contribution is 5.90. The number of anilines is 1. The van der Waals surface area contributed by atoms with Crippen LogP contribution in [-0.2, 0) is 0 Å². The molecule has 0 amide bonds. The molecule has 90 valence electrons. The third kappa shape index (κ3) is 2.91. The molecule has 17 heavy (non-hydrogen) atoms. The highest BCUT2D eigenvalue weighted by Gasteiger charge is 2.05. The quantitative estimate of drug-likeness (QED) is 0.827. The van der Waals surface area contributed by atoms with E-state index in [1.165, 1.54) is 0 Å². The van der Waals surface area contributed by atoms with Crippen molar-refractivity contribution in [2.75, 3.05) is 18.5 Å². The molecule has 1 aromatic heterocycles. The minimum atomic E-state index is 0.226. The molecule has 0 fully saturated rings. The SMILES string of the molecule is CC(CCO)CNc1nncc2ccccc12. The third-order valence-corrected chi connectivity index (χ3v) is 2.81. The van der Waals surface area contributed by atoms with Gasteiger partial charge in [-0.1, -0.05) is 31.2 Å². The summed E-state index contributed by atoms with van der Waals surface area (Å²) in [5.74, 6) is 1.23. The maximum Gasteiger partial charge on any atom is 0.156 e. The Morgan fingerprint density at radius 1 is 1.35 bits per heavy atom. The molecule has 0 saturated carbocycles. The summed E-state index contributed by atoms with van der Waals surface area (Å²) in [7, 11) is 0. The Kier molecular flexibility index (Phi) is 3.88. The second kappa shape index (κ2) is 5.59. The highest BCUT2D eigenvalue weighted by atomic mass is 16.3. The van der Waals surface area contributed by atoms with Gasteiger partial charge in [0.2, 0.25) is 0 Å². The first-order chi connectivity index (χ1) is 8.31. The number of rotatable bonds is 5. The van der Waals surface area contributed by atoms with Crippen LogP contribution in [0.2, 0.25) is 0 Å². The van der Waals surface area contributed by atoms with Crippen molar-refractivity contribution in [3.05, 3.63) is 30.5 Å². The van der Waals surface area contributed by atoms with E-state index in [2.05, 4.69) is 22.4 Å². The molecule has 1 heterocycles. The first-order valence-electron chi connectivity index (χ1n) is 5.86. The molecule has 0 aliphatic carbocycles. The molecular formula is C13H17N3O. The molecule has 0 saturated heterocycles. The van der Waals surface area contributed by atoms with Gasteiger partial charge < -0.3 is 10.4 Å². The first-order valence-corrected chi connectivity index (χ1v) is 5.86. The Morgan fingerprint density at radius 2 is 2.18 bits per heavy atom. The molecule has 1 aromatic carbocycles. The summed E-state index contributed by atoms with van der Waals surface area (Å²) in [5.41, 5.74) is 0. The lowest BCUT2D eigenvalue weighted by molar-refractivity contribution is 0.266. The Morgan fingerprint density at radius 3 is 3.00 bits per heavy atom. The van der Waals surface area contributed by atoms with Crippen LogP contribution in [0, 0.1) is 5.92 Å². The smallest absolute Gasteiger partial charge is 0.156 e. The maximum atomic E-state index is 8.85. The number of aliphatic hydroxyl groups excluding tert-OH is 1. The molecule has 1 atom stereocenters. The summed E-state index contributed by atoms with van der Waals surface area (Å²) in [6.45, 7) is 3.12. The minimum Gasteiger partial charge on any atom is -0.396 e. The minimum absolute atomic E-state index is 0.226. The molecule has 0 aliphatic heterocycles. The van der Waals surface area contributed by atoms with E-state index in [0.29, 0.717) is 5.92 Å². The molecular weight excluding hydrogens is 214 g/mol. The molecule has 0 aliphatic rings. The van der Waals surface area contributed by atoms with Crippen molar-refractivity contribution in [2.45, 2.75) is 13.3 Å². The van der Waals surface area contributed by atoms with Gasteiger partial charge in [0, 0.05) is 23.9 Å². The van der Waals surface area contributed by atoms with Crippen LogP contribution >= 0.6 is 0 Å². The normalized spacial score (nSPS) is 12.6. The average molecular weight is 231 g/mol. The lowest BCUT2D eigenvalue weighted by Gasteiger charge is -2.12. The van der Waals surface area contributed by atoms with Crippen molar-refractivity contribution >= 4 is 16.6 Å². The molecule has 2 aromatic rings. The van der Waals surface area contributed by atoms with Crippen LogP contribution in [0.5, 0.6) is 0 Å². The van der Waals surface area contributed by atoms with Gasteiger partial charge in [-0.15, -0.1) is 5.10 Å². The van der Waals surface area contributed by atoms with E-state index in [1.54, 1.807) is 6.20 Å². The number of fused-ring (bicyclic) bond motifs is 1. The fraction of sp³-hybridized carbons (Fsp3) is 0.385. The van der Waals surface area contributed by atoms with Crippen molar-refractivity contribution in [2.24, 2.45) is 5.92 Å². The van der Waals surface area contributed by atoms with E-state index in [-0.39, 0.29) is 6.61 Å². The number of nitrogens with zero attached hydrogens (tertiary/aromatic N) is 2. The number of hydrogen-bond donors (Lipinski definition) is 2. The van der Waals surface area contributed by atoms with Crippen molar-refractivity contribution in [3.8, 4) is 0 Å². The van der Waals surface area contributed by atoms with Gasteiger partial charge in [-0.05, 0) is 12.3 Å².